The zero-order chi connectivity index (χ0) is 12.0. The molecule has 1 unspecified atom stereocenters. The first-order valence-electron chi connectivity index (χ1n) is 5.61. The highest BCUT2D eigenvalue weighted by molar-refractivity contribution is 5.23. The zero-order valence-electron chi connectivity index (χ0n) is 9.82. The number of rotatable bonds is 6. The molecule has 0 saturated heterocycles. The molecule has 1 aromatic rings. The van der Waals surface area contributed by atoms with Crippen molar-refractivity contribution >= 4 is 0 Å². The molecule has 0 fully saturated rings. The van der Waals surface area contributed by atoms with Gasteiger partial charge >= 0.3 is 0 Å². The highest BCUT2D eigenvalue weighted by Gasteiger charge is 2.11. The molecule has 0 radical (unpaired) electrons. The van der Waals surface area contributed by atoms with E-state index in [1.807, 2.05) is 0 Å². The quantitative estimate of drug-likeness (QED) is 0.808. The molecule has 1 rings (SSSR count). The van der Waals surface area contributed by atoms with Gasteiger partial charge in [0.1, 0.15) is 0 Å². The van der Waals surface area contributed by atoms with E-state index >= 15 is 0 Å². The summed E-state index contributed by atoms with van der Waals surface area (Å²) in [6, 6.07) is 6.32. The van der Waals surface area contributed by atoms with Crippen molar-refractivity contribution in [1.82, 2.24) is 0 Å². The minimum absolute atomic E-state index is 0.0691. The molecule has 1 N–H and O–H groups in total. The van der Waals surface area contributed by atoms with Gasteiger partial charge in [0.15, 0.2) is 11.6 Å². The van der Waals surface area contributed by atoms with Gasteiger partial charge in [-0.15, -0.1) is 0 Å². The third kappa shape index (κ3) is 4.19. The second-order valence-corrected chi connectivity index (χ2v) is 4.42. The summed E-state index contributed by atoms with van der Waals surface area (Å²) in [4.78, 5) is 0. The maximum Gasteiger partial charge on any atom is 0.165 e. The summed E-state index contributed by atoms with van der Waals surface area (Å²) < 4.78 is 18.6. The molecule has 0 aromatic heterocycles. The first kappa shape index (κ1) is 13.0. The van der Waals surface area contributed by atoms with E-state index in [0.717, 1.165) is 6.42 Å². The molecule has 0 saturated carbocycles. The third-order valence-electron chi connectivity index (χ3n) is 2.37. The minimum Gasteiger partial charge on any atom is -0.490 e. The van der Waals surface area contributed by atoms with Crippen LogP contribution in [0.4, 0.5) is 4.39 Å². The van der Waals surface area contributed by atoms with Gasteiger partial charge in [-0.3, -0.25) is 0 Å². The molecule has 0 aliphatic carbocycles. The summed E-state index contributed by atoms with van der Waals surface area (Å²) in [5, 5.41) is 9.15. The lowest BCUT2D eigenvalue weighted by molar-refractivity contribution is 0.143. The van der Waals surface area contributed by atoms with Gasteiger partial charge in [-0.2, -0.15) is 0 Å². The summed E-state index contributed by atoms with van der Waals surface area (Å²) >= 11 is 0. The molecular weight excluding hydrogens is 207 g/mol. The summed E-state index contributed by atoms with van der Waals surface area (Å²) in [6.07, 6.45) is 0.880. The molecule has 90 valence electrons. The Morgan fingerprint density at radius 2 is 2.00 bits per heavy atom. The summed E-state index contributed by atoms with van der Waals surface area (Å²) in [7, 11) is 0. The normalized spacial score (nSPS) is 12.8. The van der Waals surface area contributed by atoms with Crippen molar-refractivity contribution in [3.8, 4) is 5.75 Å². The van der Waals surface area contributed by atoms with Crippen LogP contribution in [0.15, 0.2) is 24.3 Å². The van der Waals surface area contributed by atoms with Crippen LogP contribution in [0.25, 0.3) is 0 Å². The summed E-state index contributed by atoms with van der Waals surface area (Å²) in [5.74, 6) is 0.467. The van der Waals surface area contributed by atoms with Crippen LogP contribution in [-0.2, 0) is 0 Å². The number of halogens is 1. The number of hydrogen-bond acceptors (Lipinski definition) is 2. The molecule has 0 amide bonds. The maximum absolute atomic E-state index is 13.2. The van der Waals surface area contributed by atoms with E-state index in [-0.39, 0.29) is 24.1 Å². The molecule has 0 aliphatic rings. The molecule has 0 bridgehead atoms. The highest BCUT2D eigenvalue weighted by atomic mass is 19.1. The highest BCUT2D eigenvalue weighted by Crippen LogP contribution is 2.18. The predicted molar refractivity (Wildman–Crippen MR) is 61.9 cm³/mol. The van der Waals surface area contributed by atoms with Crippen molar-refractivity contribution in [2.75, 3.05) is 13.2 Å². The molecule has 0 aliphatic heterocycles. The van der Waals surface area contributed by atoms with E-state index in [1.54, 1.807) is 18.2 Å². The van der Waals surface area contributed by atoms with Crippen LogP contribution in [-0.4, -0.2) is 18.3 Å². The van der Waals surface area contributed by atoms with E-state index in [0.29, 0.717) is 12.5 Å². The number of aliphatic hydroxyl groups excluding tert-OH is 1. The molecule has 0 heterocycles. The van der Waals surface area contributed by atoms with Crippen LogP contribution < -0.4 is 4.74 Å². The average Bonchev–Trinajstić information content (AvgIpc) is 2.25. The van der Waals surface area contributed by atoms with Crippen molar-refractivity contribution in [3.05, 3.63) is 30.1 Å². The minimum atomic E-state index is -0.358. The van der Waals surface area contributed by atoms with Crippen LogP contribution in [0, 0.1) is 17.7 Å². The van der Waals surface area contributed by atoms with Crippen LogP contribution in [0.3, 0.4) is 0 Å². The van der Waals surface area contributed by atoms with E-state index < -0.39 is 0 Å². The SMILES string of the molecule is CC(C)CC(CO)COc1ccccc1F. The van der Waals surface area contributed by atoms with Crippen molar-refractivity contribution in [2.24, 2.45) is 11.8 Å². The number of aliphatic hydroxyl groups is 1. The second kappa shape index (κ2) is 6.48. The summed E-state index contributed by atoms with van der Waals surface area (Å²) in [6.45, 7) is 4.61. The Morgan fingerprint density at radius 1 is 1.31 bits per heavy atom. The molecule has 16 heavy (non-hydrogen) atoms. The van der Waals surface area contributed by atoms with E-state index in [4.69, 9.17) is 9.84 Å². The van der Waals surface area contributed by atoms with Crippen LogP contribution in [0.2, 0.25) is 0 Å². The third-order valence-corrected chi connectivity index (χ3v) is 2.37. The van der Waals surface area contributed by atoms with Crippen molar-refractivity contribution in [2.45, 2.75) is 20.3 Å². The lowest BCUT2D eigenvalue weighted by Crippen LogP contribution is -2.18. The number of ether oxygens (including phenoxy) is 1. The fourth-order valence-electron chi connectivity index (χ4n) is 1.63. The Labute approximate surface area is 96.1 Å². The molecule has 1 aromatic carbocycles. The Hall–Kier alpha value is -1.09. The standard InChI is InChI=1S/C13H19FO2/c1-10(2)7-11(8-15)9-16-13-6-4-3-5-12(13)14/h3-6,10-11,15H,7-9H2,1-2H3. The number of para-hydroxylation sites is 1. The molecule has 3 heteroatoms. The fourth-order valence-corrected chi connectivity index (χ4v) is 1.63. The van der Waals surface area contributed by atoms with Crippen molar-refractivity contribution in [1.29, 1.82) is 0 Å². The van der Waals surface area contributed by atoms with E-state index in [2.05, 4.69) is 13.8 Å². The number of benzene rings is 1. The van der Waals surface area contributed by atoms with Crippen molar-refractivity contribution in [3.63, 3.8) is 0 Å². The predicted octanol–water partition coefficient (Wildman–Crippen LogP) is 2.86. The average molecular weight is 226 g/mol. The van der Waals surface area contributed by atoms with Gasteiger partial charge in [-0.1, -0.05) is 26.0 Å². The first-order chi connectivity index (χ1) is 7.63. The van der Waals surface area contributed by atoms with Gasteiger partial charge < -0.3 is 9.84 Å². The molecule has 1 atom stereocenters. The molecular formula is C13H19FO2. The fraction of sp³-hybridized carbons (Fsp3) is 0.538. The lowest BCUT2D eigenvalue weighted by atomic mass is 9.99. The maximum atomic E-state index is 13.2. The van der Waals surface area contributed by atoms with Crippen LogP contribution >= 0.6 is 0 Å². The Bertz CT molecular complexity index is 313. The largest absolute Gasteiger partial charge is 0.490 e. The van der Waals surface area contributed by atoms with Gasteiger partial charge in [0.25, 0.3) is 0 Å². The topological polar surface area (TPSA) is 29.5 Å². The number of hydrogen-bond donors (Lipinski definition) is 1. The Morgan fingerprint density at radius 3 is 2.56 bits per heavy atom. The van der Waals surface area contributed by atoms with Gasteiger partial charge in [0.2, 0.25) is 0 Å². The van der Waals surface area contributed by atoms with Gasteiger partial charge in [-0.25, -0.2) is 4.39 Å². The summed E-state index contributed by atoms with van der Waals surface area (Å²) in [5.41, 5.74) is 0. The molecule has 2 nitrogen and oxygen atoms in total. The molecule has 0 spiro atoms. The van der Waals surface area contributed by atoms with Crippen LogP contribution in [0.1, 0.15) is 20.3 Å². The van der Waals surface area contributed by atoms with Crippen LogP contribution in [0.5, 0.6) is 5.75 Å². The van der Waals surface area contributed by atoms with E-state index in [9.17, 15) is 4.39 Å². The monoisotopic (exact) mass is 226 g/mol. The van der Waals surface area contributed by atoms with Gasteiger partial charge in [0, 0.05) is 12.5 Å². The lowest BCUT2D eigenvalue weighted by Gasteiger charge is -2.17. The van der Waals surface area contributed by atoms with E-state index in [1.165, 1.54) is 6.07 Å². The Balaban J connectivity index is 2.46. The zero-order valence-corrected chi connectivity index (χ0v) is 9.82. The van der Waals surface area contributed by atoms with Gasteiger partial charge in [0.05, 0.1) is 6.61 Å². The van der Waals surface area contributed by atoms with Gasteiger partial charge in [-0.05, 0) is 24.5 Å². The Kier molecular flexibility index (Phi) is 5.26. The second-order valence-electron chi connectivity index (χ2n) is 4.42. The van der Waals surface area contributed by atoms with Crippen molar-refractivity contribution < 1.29 is 14.2 Å². The smallest absolute Gasteiger partial charge is 0.165 e. The first-order valence-corrected chi connectivity index (χ1v) is 5.61.